The van der Waals surface area contributed by atoms with Gasteiger partial charge in [0.05, 0.1) is 0 Å². The van der Waals surface area contributed by atoms with E-state index in [4.69, 9.17) is 4.57 Å². The maximum atomic E-state index is 8.98. The van der Waals surface area contributed by atoms with Gasteiger partial charge >= 0.3 is 25.5 Å². The molecule has 0 aliphatic heterocycles. The van der Waals surface area contributed by atoms with Crippen LogP contribution in [0.1, 0.15) is 0 Å². The van der Waals surface area contributed by atoms with Gasteiger partial charge in [-0.3, -0.25) is 0 Å². The molecule has 4 heteroatoms. The van der Waals surface area contributed by atoms with Gasteiger partial charge in [0.2, 0.25) is 0 Å². The van der Waals surface area contributed by atoms with E-state index in [1.807, 2.05) is 0 Å². The van der Waals surface area contributed by atoms with E-state index in [1.165, 1.54) is 0 Å². The second-order valence-electron chi connectivity index (χ2n) is 0.197. The van der Waals surface area contributed by atoms with Gasteiger partial charge in [0.15, 0.2) is 0 Å². The van der Waals surface area contributed by atoms with Gasteiger partial charge in [0, 0.05) is 0 Å². The molecule has 18 valence electrons. The van der Waals surface area contributed by atoms with Crippen molar-refractivity contribution in [1.29, 1.82) is 0 Å². The number of rotatable bonds is 0. The first-order valence-electron chi connectivity index (χ1n) is 0.641. The third-order valence-corrected chi connectivity index (χ3v) is 0.141. The van der Waals surface area contributed by atoms with Gasteiger partial charge in [-0.25, -0.2) is 0 Å². The summed E-state index contributed by atoms with van der Waals surface area (Å²) in [6.45, 7) is 0. The summed E-state index contributed by atoms with van der Waals surface area (Å²) in [4.78, 5) is 0. The fourth-order valence-corrected chi connectivity index (χ4v) is 0. The van der Waals surface area contributed by atoms with Gasteiger partial charge in [-0.2, -0.15) is 0 Å². The number of hydrogen-bond acceptors (Lipinski definition) is 2. The average molecular weight is 71.8 g/mol. The predicted octanol–water partition coefficient (Wildman–Crippen LogP) is 0.545. The summed E-state index contributed by atoms with van der Waals surface area (Å²) in [6.07, 6.45) is 0. The molecule has 0 saturated carbocycles. The van der Waals surface area contributed by atoms with Crippen molar-refractivity contribution in [3.8, 4) is 0 Å². The third kappa shape index (κ3) is 2.09. The molecule has 2 nitrogen and oxygen atoms in total. The SMILES string of the molecule is [B]N=[P+]=O. The van der Waals surface area contributed by atoms with Crippen LogP contribution in [0.2, 0.25) is 0 Å². The fourth-order valence-electron chi connectivity index (χ4n) is 0. The molecule has 0 fully saturated rings. The Bertz CT molecular complexity index is 46.0. The first-order valence-corrected chi connectivity index (χ1v) is 1.41. The molecule has 0 amide bonds. The maximum absolute atomic E-state index is 8.98. The molecule has 0 spiro atoms. The molecule has 0 aliphatic carbocycles. The third-order valence-electron chi connectivity index (χ3n) is 0.0471. The van der Waals surface area contributed by atoms with Crippen molar-refractivity contribution in [2.45, 2.75) is 0 Å². The van der Waals surface area contributed by atoms with Crippen LogP contribution in [0.25, 0.3) is 0 Å². The van der Waals surface area contributed by atoms with Gasteiger partial charge < -0.3 is 0 Å². The molecular formula is BNOP+. The summed E-state index contributed by atoms with van der Waals surface area (Å²) in [7, 11) is 3.98. The van der Waals surface area contributed by atoms with Gasteiger partial charge in [0.1, 0.15) is 0 Å². The van der Waals surface area contributed by atoms with Crippen molar-refractivity contribution in [1.82, 2.24) is 0 Å². The minimum absolute atomic E-state index is 0.349. The predicted molar refractivity (Wildman–Crippen MR) is 15.8 cm³/mol. The summed E-state index contributed by atoms with van der Waals surface area (Å²) in [6, 6.07) is 0. The second-order valence-corrected chi connectivity index (χ2v) is 0.591. The topological polar surface area (TPSA) is 29.4 Å². The molecule has 0 aromatic heterocycles. The Balaban J connectivity index is 3.11. The van der Waals surface area contributed by atoms with Crippen LogP contribution in [0.15, 0.2) is 4.66 Å². The Hall–Kier alpha value is 0.0949. The average Bonchev–Trinajstić information content (AvgIpc) is 1.37. The second kappa shape index (κ2) is 3.09. The van der Waals surface area contributed by atoms with E-state index >= 15 is 0 Å². The van der Waals surface area contributed by atoms with E-state index in [-0.39, 0.29) is 8.25 Å². The molecule has 0 heterocycles. The van der Waals surface area contributed by atoms with E-state index < -0.39 is 0 Å². The van der Waals surface area contributed by atoms with E-state index in [0.717, 1.165) is 0 Å². The van der Waals surface area contributed by atoms with Crippen molar-refractivity contribution in [3.05, 3.63) is 0 Å². The summed E-state index contributed by atoms with van der Waals surface area (Å²) < 4.78 is 11.6. The van der Waals surface area contributed by atoms with Crippen LogP contribution in [0.5, 0.6) is 0 Å². The number of nitrogens with zero attached hydrogens (tertiary/aromatic N) is 1. The van der Waals surface area contributed by atoms with Crippen LogP contribution in [0.3, 0.4) is 0 Å². The molecule has 0 aromatic rings. The van der Waals surface area contributed by atoms with E-state index in [9.17, 15) is 0 Å². The zero-order valence-corrected chi connectivity index (χ0v) is 2.77. The van der Waals surface area contributed by atoms with E-state index in [1.54, 1.807) is 0 Å². The standard InChI is InChI=1S/BNOP/c1-2-4-3/q+1. The molecule has 0 bridgehead atoms. The minimum atomic E-state index is -0.349. The van der Waals surface area contributed by atoms with Gasteiger partial charge in [-0.05, 0) is 0 Å². The Kier molecular flexibility index (Phi) is 3.17. The molecule has 0 atom stereocenters. The monoisotopic (exact) mass is 72.0 g/mol. The molecule has 4 heavy (non-hydrogen) atoms. The normalized spacial score (nSPS) is 5.00. The van der Waals surface area contributed by atoms with Gasteiger partial charge in [0.25, 0.3) is 0 Å². The molecule has 0 saturated heterocycles. The van der Waals surface area contributed by atoms with Gasteiger partial charge in [-0.1, -0.05) is 0 Å². The van der Waals surface area contributed by atoms with Crippen molar-refractivity contribution in [3.63, 3.8) is 0 Å². The van der Waals surface area contributed by atoms with Gasteiger partial charge in [-0.15, -0.1) is 0 Å². The summed E-state index contributed by atoms with van der Waals surface area (Å²) in [5.74, 6) is 0. The molecule has 2 radical (unpaired) electrons. The Morgan fingerprint density at radius 1 is 2.00 bits per heavy atom. The van der Waals surface area contributed by atoms with Crippen molar-refractivity contribution in [2.75, 3.05) is 0 Å². The van der Waals surface area contributed by atoms with Crippen LogP contribution in [-0.2, 0) is 4.57 Å². The van der Waals surface area contributed by atoms with Crippen LogP contribution in [0.4, 0.5) is 0 Å². The van der Waals surface area contributed by atoms with Crippen LogP contribution in [0, 0.1) is 0 Å². The van der Waals surface area contributed by atoms with Crippen molar-refractivity contribution in [2.24, 2.45) is 4.66 Å². The summed E-state index contributed by atoms with van der Waals surface area (Å²) in [5, 5.41) is 0. The summed E-state index contributed by atoms with van der Waals surface area (Å²) >= 11 is 0. The van der Waals surface area contributed by atoms with E-state index in [0.29, 0.717) is 0 Å². The van der Waals surface area contributed by atoms with Crippen LogP contribution in [-0.4, -0.2) is 7.98 Å². The first kappa shape index (κ1) is 4.09. The number of hydrogen-bond donors (Lipinski definition) is 0. The quantitative estimate of drug-likeness (QED) is 0.303. The Labute approximate surface area is 26.6 Å². The Morgan fingerprint density at radius 2 is 2.25 bits per heavy atom. The van der Waals surface area contributed by atoms with Crippen LogP contribution < -0.4 is 0 Å². The van der Waals surface area contributed by atoms with Crippen LogP contribution >= 0.6 is 8.25 Å². The zero-order valence-electron chi connectivity index (χ0n) is 1.88. The molecule has 0 N–H and O–H groups in total. The summed E-state index contributed by atoms with van der Waals surface area (Å²) in [5.41, 5.74) is 0. The van der Waals surface area contributed by atoms with Crippen molar-refractivity contribution >= 4 is 16.2 Å². The molecule has 0 rings (SSSR count). The molecule has 0 aromatic carbocycles. The Morgan fingerprint density at radius 3 is 2.25 bits per heavy atom. The molecule has 0 unspecified atom stereocenters. The molecule has 0 aliphatic rings. The molecular weight excluding hydrogens is 71.8 g/mol. The fraction of sp³-hybridized carbons (Fsp3) is 0. The van der Waals surface area contributed by atoms with Crippen molar-refractivity contribution < 1.29 is 4.57 Å². The first-order chi connectivity index (χ1) is 1.91. The van der Waals surface area contributed by atoms with E-state index in [2.05, 4.69) is 12.6 Å². The zero-order chi connectivity index (χ0) is 3.41.